The van der Waals surface area contributed by atoms with Crippen LogP contribution in [0.2, 0.25) is 0 Å². The van der Waals surface area contributed by atoms with Crippen LogP contribution in [0.25, 0.3) is 6.08 Å². The molecule has 0 saturated heterocycles. The molecule has 0 aromatic heterocycles. The molecule has 1 aliphatic rings. The largest absolute Gasteiger partial charge is 0.449 e. The number of fused-ring (bicyclic) bond motifs is 1. The first-order valence-corrected chi connectivity index (χ1v) is 9.06. The minimum atomic E-state index is -0.121. The van der Waals surface area contributed by atoms with Gasteiger partial charge in [-0.25, -0.2) is 0 Å². The molecule has 26 heavy (non-hydrogen) atoms. The standard InChI is InChI=1S/C22H26N2O2/c1-14(2)13-24-19-10-9-18(23)12-20(19)26-21(22(24)25)11-16-5-7-17(8-6-16)15(3)4/h5-12,14-15H,13,23H2,1-4H3/b21-11+. The quantitative estimate of drug-likeness (QED) is 0.635. The van der Waals surface area contributed by atoms with Crippen LogP contribution in [0, 0.1) is 5.92 Å². The molecule has 1 heterocycles. The molecule has 0 spiro atoms. The predicted octanol–water partition coefficient (Wildman–Crippen LogP) is 4.81. The molecule has 0 fully saturated rings. The molecule has 4 nitrogen and oxygen atoms in total. The summed E-state index contributed by atoms with van der Waals surface area (Å²) < 4.78 is 5.91. The van der Waals surface area contributed by atoms with E-state index in [0.717, 1.165) is 11.3 Å². The Hall–Kier alpha value is -2.75. The molecule has 2 aromatic rings. The Morgan fingerprint density at radius 2 is 1.77 bits per heavy atom. The zero-order chi connectivity index (χ0) is 18.8. The zero-order valence-electron chi connectivity index (χ0n) is 15.8. The Balaban J connectivity index is 1.98. The number of anilines is 2. The lowest BCUT2D eigenvalue weighted by atomic mass is 10.0. The molecule has 136 valence electrons. The molecular weight excluding hydrogens is 324 g/mol. The van der Waals surface area contributed by atoms with Gasteiger partial charge in [0, 0.05) is 18.3 Å². The third-order valence-corrected chi connectivity index (χ3v) is 4.40. The van der Waals surface area contributed by atoms with Gasteiger partial charge in [-0.05, 0) is 41.2 Å². The van der Waals surface area contributed by atoms with Crippen LogP contribution >= 0.6 is 0 Å². The van der Waals surface area contributed by atoms with E-state index in [1.165, 1.54) is 5.56 Å². The summed E-state index contributed by atoms with van der Waals surface area (Å²) in [7, 11) is 0. The van der Waals surface area contributed by atoms with Gasteiger partial charge < -0.3 is 15.4 Å². The number of amides is 1. The molecule has 1 amide bonds. The molecule has 0 radical (unpaired) electrons. The van der Waals surface area contributed by atoms with E-state index < -0.39 is 0 Å². The predicted molar refractivity (Wildman–Crippen MR) is 107 cm³/mol. The Kier molecular flexibility index (Phi) is 5.03. The van der Waals surface area contributed by atoms with Gasteiger partial charge in [0.25, 0.3) is 5.91 Å². The van der Waals surface area contributed by atoms with Crippen LogP contribution in [-0.2, 0) is 4.79 Å². The average Bonchev–Trinajstić information content (AvgIpc) is 2.58. The number of rotatable bonds is 4. The Bertz CT molecular complexity index is 836. The van der Waals surface area contributed by atoms with Gasteiger partial charge in [0.2, 0.25) is 0 Å². The second-order valence-electron chi connectivity index (χ2n) is 7.47. The van der Waals surface area contributed by atoms with Crippen molar-refractivity contribution in [2.24, 2.45) is 5.92 Å². The molecule has 0 aliphatic carbocycles. The van der Waals surface area contributed by atoms with Crippen molar-refractivity contribution in [3.05, 3.63) is 59.4 Å². The van der Waals surface area contributed by atoms with E-state index in [2.05, 4.69) is 39.8 Å². The monoisotopic (exact) mass is 350 g/mol. The van der Waals surface area contributed by atoms with E-state index >= 15 is 0 Å². The van der Waals surface area contributed by atoms with Crippen LogP contribution < -0.4 is 15.4 Å². The van der Waals surface area contributed by atoms with Gasteiger partial charge in [-0.1, -0.05) is 52.0 Å². The fourth-order valence-electron chi connectivity index (χ4n) is 3.01. The van der Waals surface area contributed by atoms with Crippen molar-refractivity contribution in [2.45, 2.75) is 33.6 Å². The van der Waals surface area contributed by atoms with Crippen LogP contribution in [0.3, 0.4) is 0 Å². The maximum absolute atomic E-state index is 13.0. The number of nitrogens with two attached hydrogens (primary N) is 1. The van der Waals surface area contributed by atoms with Crippen LogP contribution in [0.1, 0.15) is 44.7 Å². The summed E-state index contributed by atoms with van der Waals surface area (Å²) in [6.07, 6.45) is 1.80. The molecule has 2 aromatic carbocycles. The summed E-state index contributed by atoms with van der Waals surface area (Å²) in [5.41, 5.74) is 9.49. The molecule has 0 saturated carbocycles. The first-order chi connectivity index (χ1) is 12.3. The second kappa shape index (κ2) is 7.24. The Morgan fingerprint density at radius 3 is 2.38 bits per heavy atom. The molecule has 4 heteroatoms. The smallest absolute Gasteiger partial charge is 0.294 e. The number of hydrogen-bond donors (Lipinski definition) is 1. The number of hydrogen-bond acceptors (Lipinski definition) is 3. The maximum Gasteiger partial charge on any atom is 0.294 e. The topological polar surface area (TPSA) is 55.6 Å². The number of nitrogens with zero attached hydrogens (tertiary/aromatic N) is 1. The first kappa shape index (κ1) is 18.1. The van der Waals surface area contributed by atoms with Crippen molar-refractivity contribution in [3.63, 3.8) is 0 Å². The van der Waals surface area contributed by atoms with Gasteiger partial charge in [0.15, 0.2) is 11.5 Å². The van der Waals surface area contributed by atoms with Crippen LogP contribution in [-0.4, -0.2) is 12.5 Å². The third kappa shape index (κ3) is 3.74. The number of nitrogen functional groups attached to an aromatic ring is 1. The normalized spacial score (nSPS) is 15.5. The average molecular weight is 350 g/mol. The molecular formula is C22H26N2O2. The van der Waals surface area contributed by atoms with Crippen LogP contribution in [0.15, 0.2) is 48.2 Å². The minimum absolute atomic E-state index is 0.121. The highest BCUT2D eigenvalue weighted by Crippen LogP contribution is 2.37. The van der Waals surface area contributed by atoms with Gasteiger partial charge in [-0.15, -0.1) is 0 Å². The van der Waals surface area contributed by atoms with E-state index in [9.17, 15) is 4.79 Å². The highest BCUT2D eigenvalue weighted by Gasteiger charge is 2.30. The van der Waals surface area contributed by atoms with E-state index in [4.69, 9.17) is 10.5 Å². The van der Waals surface area contributed by atoms with Crippen molar-refractivity contribution in [2.75, 3.05) is 17.2 Å². The van der Waals surface area contributed by atoms with Gasteiger partial charge in [0.05, 0.1) is 5.69 Å². The van der Waals surface area contributed by atoms with E-state index in [-0.39, 0.29) is 5.91 Å². The molecule has 0 atom stereocenters. The molecule has 0 unspecified atom stereocenters. The maximum atomic E-state index is 13.0. The summed E-state index contributed by atoms with van der Waals surface area (Å²) in [4.78, 5) is 14.8. The number of ether oxygens (including phenoxy) is 1. The second-order valence-corrected chi connectivity index (χ2v) is 7.47. The van der Waals surface area contributed by atoms with Crippen LogP contribution in [0.5, 0.6) is 5.75 Å². The fourth-order valence-corrected chi connectivity index (χ4v) is 3.01. The van der Waals surface area contributed by atoms with Crippen molar-refractivity contribution >= 4 is 23.4 Å². The summed E-state index contributed by atoms with van der Waals surface area (Å²) in [6, 6.07) is 13.6. The first-order valence-electron chi connectivity index (χ1n) is 9.06. The lowest BCUT2D eigenvalue weighted by molar-refractivity contribution is -0.117. The van der Waals surface area contributed by atoms with Crippen LogP contribution in [0.4, 0.5) is 11.4 Å². The third-order valence-electron chi connectivity index (χ3n) is 4.40. The summed E-state index contributed by atoms with van der Waals surface area (Å²) in [5, 5.41) is 0. The molecule has 1 aliphatic heterocycles. The van der Waals surface area contributed by atoms with Crippen molar-refractivity contribution < 1.29 is 9.53 Å². The summed E-state index contributed by atoms with van der Waals surface area (Å²) in [6.45, 7) is 9.13. The minimum Gasteiger partial charge on any atom is -0.449 e. The lowest BCUT2D eigenvalue weighted by Crippen LogP contribution is -2.39. The van der Waals surface area contributed by atoms with Crippen molar-refractivity contribution in [1.82, 2.24) is 0 Å². The van der Waals surface area contributed by atoms with Gasteiger partial charge in [0.1, 0.15) is 0 Å². The molecule has 0 bridgehead atoms. The van der Waals surface area contributed by atoms with Gasteiger partial charge in [-0.2, -0.15) is 0 Å². The fraction of sp³-hybridized carbons (Fsp3) is 0.318. The van der Waals surface area contributed by atoms with Gasteiger partial charge >= 0.3 is 0 Å². The highest BCUT2D eigenvalue weighted by atomic mass is 16.5. The summed E-state index contributed by atoms with van der Waals surface area (Å²) in [5.74, 6) is 1.63. The van der Waals surface area contributed by atoms with Crippen molar-refractivity contribution in [1.29, 1.82) is 0 Å². The SMILES string of the molecule is CC(C)CN1C(=O)/C(=C\c2ccc(C(C)C)cc2)Oc2cc(N)ccc21. The lowest BCUT2D eigenvalue weighted by Gasteiger charge is -2.31. The highest BCUT2D eigenvalue weighted by molar-refractivity contribution is 6.10. The summed E-state index contributed by atoms with van der Waals surface area (Å²) >= 11 is 0. The molecule has 2 N–H and O–H groups in total. The van der Waals surface area contributed by atoms with Crippen molar-refractivity contribution in [3.8, 4) is 5.75 Å². The number of benzene rings is 2. The Labute approximate surface area is 155 Å². The number of carbonyl (C=O) groups is 1. The van der Waals surface area contributed by atoms with E-state index in [1.54, 1.807) is 23.1 Å². The number of carbonyl (C=O) groups excluding carboxylic acids is 1. The zero-order valence-corrected chi connectivity index (χ0v) is 15.8. The Morgan fingerprint density at radius 1 is 1.08 bits per heavy atom. The van der Waals surface area contributed by atoms with E-state index in [1.807, 2.05) is 18.2 Å². The molecule has 3 rings (SSSR count). The van der Waals surface area contributed by atoms with Gasteiger partial charge in [-0.3, -0.25) is 4.79 Å². The van der Waals surface area contributed by atoms with E-state index in [0.29, 0.717) is 35.6 Å².